The van der Waals surface area contributed by atoms with E-state index in [0.29, 0.717) is 25.6 Å². The maximum absolute atomic E-state index is 12.3. The third kappa shape index (κ3) is 8.80. The average Bonchev–Trinajstić information content (AvgIpc) is 3.12. The zero-order chi connectivity index (χ0) is 21.2. The Labute approximate surface area is 193 Å². The van der Waals surface area contributed by atoms with Crippen LogP contribution in [0.2, 0.25) is 0 Å². The number of guanidine groups is 1. The van der Waals surface area contributed by atoms with E-state index in [2.05, 4.69) is 41.0 Å². The van der Waals surface area contributed by atoms with Gasteiger partial charge in [-0.25, -0.2) is 0 Å². The van der Waals surface area contributed by atoms with Crippen LogP contribution in [0.25, 0.3) is 0 Å². The summed E-state index contributed by atoms with van der Waals surface area (Å²) in [5.74, 6) is 2.33. The summed E-state index contributed by atoms with van der Waals surface area (Å²) in [6.07, 6.45) is 2.57. The maximum Gasteiger partial charge on any atom is 0.387 e. The fourth-order valence-electron chi connectivity index (χ4n) is 2.73. The lowest BCUT2D eigenvalue weighted by Gasteiger charge is -2.23. The molecule has 168 valence electrons. The standard InChI is InChI=1S/C20H30F2N6O.HI/c1-5-18-26-25-14-28(18)11-10-23-20(24-12-15(2)3)27(4)13-16-6-8-17(9-7-16)29-19(21)22;/h6-9,14-15,19H,5,10-13H2,1-4H3,(H,23,24);1H. The van der Waals surface area contributed by atoms with Crippen LogP contribution in [0, 0.1) is 5.92 Å². The molecule has 1 N–H and O–H groups in total. The molecule has 2 aromatic rings. The third-order valence-corrected chi connectivity index (χ3v) is 4.18. The van der Waals surface area contributed by atoms with E-state index in [1.54, 1.807) is 30.6 Å². The highest BCUT2D eigenvalue weighted by Gasteiger charge is 2.10. The number of nitrogens with zero attached hydrogens (tertiary/aromatic N) is 5. The predicted molar refractivity (Wildman–Crippen MR) is 124 cm³/mol. The summed E-state index contributed by atoms with van der Waals surface area (Å²) in [5.41, 5.74) is 0.972. The highest BCUT2D eigenvalue weighted by atomic mass is 127. The van der Waals surface area contributed by atoms with Crippen LogP contribution < -0.4 is 10.1 Å². The second-order valence-corrected chi connectivity index (χ2v) is 7.16. The first-order valence-corrected chi connectivity index (χ1v) is 9.79. The number of aromatic nitrogens is 3. The Kier molecular flexibility index (Phi) is 11.6. The van der Waals surface area contributed by atoms with Gasteiger partial charge in [-0.05, 0) is 23.6 Å². The van der Waals surface area contributed by atoms with E-state index in [1.165, 1.54) is 0 Å². The Morgan fingerprint density at radius 2 is 1.97 bits per heavy atom. The molecule has 1 aromatic heterocycles. The van der Waals surface area contributed by atoms with Gasteiger partial charge in [0.2, 0.25) is 0 Å². The van der Waals surface area contributed by atoms with Gasteiger partial charge in [-0.2, -0.15) is 8.78 Å². The lowest BCUT2D eigenvalue weighted by molar-refractivity contribution is -0.0498. The molecule has 0 fully saturated rings. The lowest BCUT2D eigenvalue weighted by Crippen LogP contribution is -2.40. The van der Waals surface area contributed by atoms with E-state index < -0.39 is 6.61 Å². The van der Waals surface area contributed by atoms with Gasteiger partial charge in [0.1, 0.15) is 17.9 Å². The quantitative estimate of drug-likeness (QED) is 0.285. The Balaban J connectivity index is 0.00000450. The molecule has 0 radical (unpaired) electrons. The van der Waals surface area contributed by atoms with Gasteiger partial charge in [-0.1, -0.05) is 32.9 Å². The molecular weight excluding hydrogens is 505 g/mol. The number of halogens is 3. The van der Waals surface area contributed by atoms with Gasteiger partial charge in [-0.3, -0.25) is 4.99 Å². The molecule has 30 heavy (non-hydrogen) atoms. The summed E-state index contributed by atoms with van der Waals surface area (Å²) in [7, 11) is 1.95. The zero-order valence-electron chi connectivity index (χ0n) is 17.9. The van der Waals surface area contributed by atoms with E-state index in [-0.39, 0.29) is 29.7 Å². The molecule has 0 atom stereocenters. The van der Waals surface area contributed by atoms with Crippen molar-refractivity contribution in [1.82, 2.24) is 25.0 Å². The predicted octanol–water partition coefficient (Wildman–Crippen LogP) is 3.79. The van der Waals surface area contributed by atoms with Crippen LogP contribution in [-0.2, 0) is 19.5 Å². The molecule has 0 aliphatic carbocycles. The molecule has 0 aliphatic rings. The molecule has 0 spiro atoms. The summed E-state index contributed by atoms with van der Waals surface area (Å²) < 4.78 is 31.0. The smallest absolute Gasteiger partial charge is 0.387 e. The van der Waals surface area contributed by atoms with Crippen LogP contribution in [0.15, 0.2) is 35.6 Å². The minimum Gasteiger partial charge on any atom is -0.435 e. The number of hydrogen-bond acceptors (Lipinski definition) is 4. The minimum absolute atomic E-state index is 0. The largest absolute Gasteiger partial charge is 0.435 e. The van der Waals surface area contributed by atoms with E-state index in [4.69, 9.17) is 4.99 Å². The second kappa shape index (κ2) is 13.3. The molecule has 0 saturated carbocycles. The normalized spacial score (nSPS) is 11.5. The van der Waals surface area contributed by atoms with Gasteiger partial charge >= 0.3 is 6.61 Å². The molecule has 7 nitrogen and oxygen atoms in total. The van der Waals surface area contributed by atoms with Crippen LogP contribution in [-0.4, -0.2) is 52.4 Å². The monoisotopic (exact) mass is 536 g/mol. The van der Waals surface area contributed by atoms with Crippen molar-refractivity contribution in [1.29, 1.82) is 0 Å². The summed E-state index contributed by atoms with van der Waals surface area (Å²) >= 11 is 0. The van der Waals surface area contributed by atoms with Crippen LogP contribution >= 0.6 is 24.0 Å². The minimum atomic E-state index is -2.82. The van der Waals surface area contributed by atoms with E-state index >= 15 is 0 Å². The van der Waals surface area contributed by atoms with Crippen LogP contribution in [0.1, 0.15) is 32.2 Å². The van der Waals surface area contributed by atoms with Crippen LogP contribution in [0.3, 0.4) is 0 Å². The van der Waals surface area contributed by atoms with Gasteiger partial charge in [-0.15, -0.1) is 34.2 Å². The van der Waals surface area contributed by atoms with Crippen molar-refractivity contribution >= 4 is 29.9 Å². The molecule has 1 heterocycles. The summed E-state index contributed by atoms with van der Waals surface area (Å²) in [4.78, 5) is 6.72. The summed E-state index contributed by atoms with van der Waals surface area (Å²) in [6.45, 7) is 6.20. The molecule has 0 bridgehead atoms. The number of alkyl halides is 2. The van der Waals surface area contributed by atoms with Gasteiger partial charge < -0.3 is 19.5 Å². The average molecular weight is 536 g/mol. The Hall–Kier alpha value is -1.98. The third-order valence-electron chi connectivity index (χ3n) is 4.18. The van der Waals surface area contributed by atoms with Crippen molar-refractivity contribution in [2.75, 3.05) is 20.1 Å². The number of rotatable bonds is 10. The summed E-state index contributed by atoms with van der Waals surface area (Å²) in [6, 6.07) is 6.65. The summed E-state index contributed by atoms with van der Waals surface area (Å²) in [5, 5.41) is 11.4. The topological polar surface area (TPSA) is 67.6 Å². The Bertz CT molecular complexity index is 767. The molecule has 10 heteroatoms. The fraction of sp³-hybridized carbons (Fsp3) is 0.550. The first-order valence-electron chi connectivity index (χ1n) is 9.79. The van der Waals surface area contributed by atoms with Crippen molar-refractivity contribution in [3.05, 3.63) is 42.0 Å². The van der Waals surface area contributed by atoms with E-state index in [9.17, 15) is 8.78 Å². The van der Waals surface area contributed by atoms with Gasteiger partial charge in [0.05, 0.1) is 0 Å². The molecule has 0 saturated heterocycles. The van der Waals surface area contributed by atoms with E-state index in [1.807, 2.05) is 16.5 Å². The Morgan fingerprint density at radius 1 is 1.27 bits per heavy atom. The zero-order valence-corrected chi connectivity index (χ0v) is 20.2. The highest BCUT2D eigenvalue weighted by Crippen LogP contribution is 2.15. The molecule has 0 amide bonds. The van der Waals surface area contributed by atoms with Crippen LogP contribution in [0.5, 0.6) is 5.75 Å². The highest BCUT2D eigenvalue weighted by molar-refractivity contribution is 14.0. The van der Waals surface area contributed by atoms with Crippen LogP contribution in [0.4, 0.5) is 8.78 Å². The number of aryl methyl sites for hydroxylation is 1. The van der Waals surface area contributed by atoms with Crippen molar-refractivity contribution in [3.8, 4) is 5.75 Å². The van der Waals surface area contributed by atoms with Crippen molar-refractivity contribution < 1.29 is 13.5 Å². The molecular formula is C20H31F2IN6O. The van der Waals surface area contributed by atoms with Gasteiger partial charge in [0.15, 0.2) is 5.96 Å². The van der Waals surface area contributed by atoms with Crippen molar-refractivity contribution in [3.63, 3.8) is 0 Å². The molecule has 2 rings (SSSR count). The first-order chi connectivity index (χ1) is 13.9. The molecule has 0 aliphatic heterocycles. The van der Waals surface area contributed by atoms with Crippen molar-refractivity contribution in [2.24, 2.45) is 10.9 Å². The maximum atomic E-state index is 12.3. The van der Waals surface area contributed by atoms with Crippen molar-refractivity contribution in [2.45, 2.75) is 46.9 Å². The molecule has 1 aromatic carbocycles. The lowest BCUT2D eigenvalue weighted by atomic mass is 10.2. The second-order valence-electron chi connectivity index (χ2n) is 7.16. The molecule has 0 unspecified atom stereocenters. The fourth-order valence-corrected chi connectivity index (χ4v) is 2.73. The number of nitrogens with one attached hydrogen (secondary N) is 1. The Morgan fingerprint density at radius 3 is 2.57 bits per heavy atom. The number of ether oxygens (including phenoxy) is 1. The number of aliphatic imine (C=N–C) groups is 1. The number of benzene rings is 1. The SMILES string of the molecule is CCc1nncn1CCNC(=NCC(C)C)N(C)Cc1ccc(OC(F)F)cc1.I. The van der Waals surface area contributed by atoms with Gasteiger partial charge in [0.25, 0.3) is 0 Å². The number of hydrogen-bond donors (Lipinski definition) is 1. The van der Waals surface area contributed by atoms with E-state index in [0.717, 1.165) is 30.3 Å². The first kappa shape index (κ1) is 26.1. The van der Waals surface area contributed by atoms with Gasteiger partial charge in [0, 0.05) is 39.6 Å².